The molecular weight excluding hydrogens is 310 g/mol. The van der Waals surface area contributed by atoms with E-state index in [-0.39, 0.29) is 6.04 Å². The molecule has 0 saturated carbocycles. The highest BCUT2D eigenvalue weighted by Crippen LogP contribution is 2.24. The molecule has 0 aliphatic heterocycles. The van der Waals surface area contributed by atoms with Crippen LogP contribution in [0.1, 0.15) is 38.2 Å². The predicted octanol–water partition coefficient (Wildman–Crippen LogP) is 4.49. The topological polar surface area (TPSA) is 49.9 Å². The molecule has 1 heterocycles. The molecule has 0 spiro atoms. The van der Waals surface area contributed by atoms with Crippen LogP contribution in [0.2, 0.25) is 0 Å². The van der Waals surface area contributed by atoms with Gasteiger partial charge in [0, 0.05) is 6.04 Å². The van der Waals surface area contributed by atoms with Gasteiger partial charge in [-0.1, -0.05) is 44.2 Å². The molecule has 2 N–H and O–H groups in total. The molecule has 0 unspecified atom stereocenters. The number of imidazole rings is 1. The zero-order valence-corrected chi connectivity index (χ0v) is 15.4. The molecule has 0 amide bonds. The van der Waals surface area contributed by atoms with Gasteiger partial charge in [0.25, 0.3) is 0 Å². The Hall–Kier alpha value is -2.33. The van der Waals surface area contributed by atoms with Gasteiger partial charge in [-0.2, -0.15) is 0 Å². The third kappa shape index (κ3) is 4.02. The summed E-state index contributed by atoms with van der Waals surface area (Å²) in [5, 5.41) is 3.74. The summed E-state index contributed by atoms with van der Waals surface area (Å²) in [5.74, 6) is 2.38. The molecule has 0 aliphatic carbocycles. The number of aromatic amines is 1. The monoisotopic (exact) mass is 337 g/mol. The molecule has 0 aliphatic rings. The fourth-order valence-electron chi connectivity index (χ4n) is 3.27. The van der Waals surface area contributed by atoms with Crippen LogP contribution in [0.15, 0.2) is 48.5 Å². The zero-order valence-electron chi connectivity index (χ0n) is 15.4. The van der Waals surface area contributed by atoms with Gasteiger partial charge in [-0.05, 0) is 43.0 Å². The average molecular weight is 337 g/mol. The Bertz CT molecular complexity index is 792. The van der Waals surface area contributed by atoms with E-state index in [1.807, 2.05) is 30.3 Å². The highest BCUT2D eigenvalue weighted by Gasteiger charge is 2.22. The number of methoxy groups -OCH3 is 1. The second-order valence-corrected chi connectivity index (χ2v) is 6.94. The van der Waals surface area contributed by atoms with Crippen molar-refractivity contribution in [1.82, 2.24) is 15.3 Å². The fourth-order valence-corrected chi connectivity index (χ4v) is 3.27. The lowest BCUT2D eigenvalue weighted by atomic mass is 10.00. The molecule has 0 radical (unpaired) electrons. The number of fused-ring (bicyclic) bond motifs is 1. The van der Waals surface area contributed by atoms with Crippen LogP contribution in [0.4, 0.5) is 0 Å². The van der Waals surface area contributed by atoms with Crippen molar-refractivity contribution in [3.8, 4) is 5.75 Å². The Kier molecular flexibility index (Phi) is 5.39. The number of hydrogen-bond acceptors (Lipinski definition) is 3. The summed E-state index contributed by atoms with van der Waals surface area (Å²) < 4.78 is 5.48. The van der Waals surface area contributed by atoms with E-state index in [0.29, 0.717) is 12.0 Å². The lowest BCUT2D eigenvalue weighted by molar-refractivity contribution is 0.352. The molecule has 4 nitrogen and oxygen atoms in total. The number of rotatable bonds is 7. The fraction of sp³-hybridized carbons (Fsp3) is 0.381. The van der Waals surface area contributed by atoms with Crippen molar-refractivity contribution in [2.45, 2.75) is 39.3 Å². The molecule has 4 heteroatoms. The van der Waals surface area contributed by atoms with E-state index < -0.39 is 0 Å². The highest BCUT2D eigenvalue weighted by molar-refractivity contribution is 5.74. The van der Waals surface area contributed by atoms with E-state index in [9.17, 15) is 0 Å². The molecule has 1 aromatic heterocycles. The first-order valence-corrected chi connectivity index (χ1v) is 8.91. The number of aromatic nitrogens is 2. The van der Waals surface area contributed by atoms with Gasteiger partial charge in [-0.15, -0.1) is 0 Å². The molecule has 0 saturated heterocycles. The van der Waals surface area contributed by atoms with Crippen LogP contribution in [0.3, 0.4) is 0 Å². The third-order valence-electron chi connectivity index (χ3n) is 4.55. The standard InChI is InChI=1S/C21H27N3O/c1-14(2)20(21-23-17-10-6-7-11-18(17)24-21)22-15(3)13-16-9-5-8-12-19(16)25-4/h5-12,14-15,20,22H,13H2,1-4H3,(H,23,24)/t15-,20+/m0/s1. The molecule has 2 atom stereocenters. The van der Waals surface area contributed by atoms with Crippen molar-refractivity contribution < 1.29 is 4.74 Å². The summed E-state index contributed by atoms with van der Waals surface area (Å²) in [6.45, 7) is 6.66. The number of H-pyrrole nitrogens is 1. The van der Waals surface area contributed by atoms with Crippen LogP contribution in [0, 0.1) is 5.92 Å². The Morgan fingerprint density at radius 2 is 1.76 bits per heavy atom. The van der Waals surface area contributed by atoms with Crippen LogP contribution in [-0.4, -0.2) is 23.1 Å². The zero-order chi connectivity index (χ0) is 17.8. The lowest BCUT2D eigenvalue weighted by Crippen LogP contribution is -2.35. The van der Waals surface area contributed by atoms with Crippen molar-refractivity contribution in [3.05, 3.63) is 59.9 Å². The van der Waals surface area contributed by atoms with E-state index in [2.05, 4.69) is 49.3 Å². The van der Waals surface area contributed by atoms with Crippen molar-refractivity contribution in [1.29, 1.82) is 0 Å². The first-order chi connectivity index (χ1) is 12.1. The number of ether oxygens (including phenoxy) is 1. The second kappa shape index (κ2) is 7.70. The van der Waals surface area contributed by atoms with Gasteiger partial charge in [0.1, 0.15) is 11.6 Å². The van der Waals surface area contributed by atoms with Crippen molar-refractivity contribution in [3.63, 3.8) is 0 Å². The van der Waals surface area contributed by atoms with Crippen LogP contribution < -0.4 is 10.1 Å². The summed E-state index contributed by atoms with van der Waals surface area (Å²) >= 11 is 0. The second-order valence-electron chi connectivity index (χ2n) is 6.94. The molecule has 0 bridgehead atoms. The quantitative estimate of drug-likeness (QED) is 0.668. The van der Waals surface area contributed by atoms with E-state index in [4.69, 9.17) is 9.72 Å². The molecule has 0 fully saturated rings. The molecule has 3 rings (SSSR count). The Morgan fingerprint density at radius 1 is 1.04 bits per heavy atom. The summed E-state index contributed by atoms with van der Waals surface area (Å²) in [6, 6.07) is 16.9. The summed E-state index contributed by atoms with van der Waals surface area (Å²) in [5.41, 5.74) is 3.32. The molecule has 25 heavy (non-hydrogen) atoms. The smallest absolute Gasteiger partial charge is 0.124 e. The molecule has 2 aromatic carbocycles. The summed E-state index contributed by atoms with van der Waals surface area (Å²) in [7, 11) is 1.72. The Morgan fingerprint density at radius 3 is 2.48 bits per heavy atom. The van der Waals surface area contributed by atoms with E-state index in [1.54, 1.807) is 7.11 Å². The molecule has 3 aromatic rings. The van der Waals surface area contributed by atoms with E-state index in [0.717, 1.165) is 29.0 Å². The SMILES string of the molecule is COc1ccccc1C[C@H](C)N[C@@H](c1nc2ccccc2[nH]1)C(C)C. The van der Waals surface area contributed by atoms with Crippen LogP contribution in [0.5, 0.6) is 5.75 Å². The number of benzene rings is 2. The van der Waals surface area contributed by atoms with Gasteiger partial charge in [0.15, 0.2) is 0 Å². The van der Waals surface area contributed by atoms with Crippen molar-refractivity contribution >= 4 is 11.0 Å². The maximum atomic E-state index is 5.48. The van der Waals surface area contributed by atoms with Gasteiger partial charge in [-0.25, -0.2) is 4.98 Å². The van der Waals surface area contributed by atoms with E-state index in [1.165, 1.54) is 5.56 Å². The average Bonchev–Trinajstić information content (AvgIpc) is 3.03. The minimum atomic E-state index is 0.178. The largest absolute Gasteiger partial charge is 0.496 e. The van der Waals surface area contributed by atoms with Gasteiger partial charge >= 0.3 is 0 Å². The lowest BCUT2D eigenvalue weighted by Gasteiger charge is -2.25. The summed E-state index contributed by atoms with van der Waals surface area (Å²) in [6.07, 6.45) is 0.910. The minimum Gasteiger partial charge on any atom is -0.496 e. The van der Waals surface area contributed by atoms with Crippen molar-refractivity contribution in [2.75, 3.05) is 7.11 Å². The third-order valence-corrected chi connectivity index (χ3v) is 4.55. The van der Waals surface area contributed by atoms with Gasteiger partial charge in [0.2, 0.25) is 0 Å². The normalized spacial score (nSPS) is 14.0. The van der Waals surface area contributed by atoms with Crippen LogP contribution in [-0.2, 0) is 6.42 Å². The maximum Gasteiger partial charge on any atom is 0.124 e. The predicted molar refractivity (Wildman–Crippen MR) is 103 cm³/mol. The number of hydrogen-bond donors (Lipinski definition) is 2. The maximum absolute atomic E-state index is 5.48. The van der Waals surface area contributed by atoms with Crippen LogP contribution in [0.25, 0.3) is 11.0 Å². The first-order valence-electron chi connectivity index (χ1n) is 8.91. The summed E-state index contributed by atoms with van der Waals surface area (Å²) in [4.78, 5) is 8.26. The Labute approximate surface area is 149 Å². The van der Waals surface area contributed by atoms with E-state index >= 15 is 0 Å². The highest BCUT2D eigenvalue weighted by atomic mass is 16.5. The minimum absolute atomic E-state index is 0.178. The van der Waals surface area contributed by atoms with Gasteiger partial charge in [0.05, 0.1) is 24.2 Å². The number of para-hydroxylation sites is 3. The van der Waals surface area contributed by atoms with Crippen molar-refractivity contribution in [2.24, 2.45) is 5.92 Å². The molecule has 132 valence electrons. The van der Waals surface area contributed by atoms with Crippen LogP contribution >= 0.6 is 0 Å². The molecular formula is C21H27N3O. The number of nitrogens with zero attached hydrogens (tertiary/aromatic N) is 1. The van der Waals surface area contributed by atoms with Gasteiger partial charge in [-0.3, -0.25) is 0 Å². The number of nitrogens with one attached hydrogen (secondary N) is 2. The Balaban J connectivity index is 1.77. The van der Waals surface area contributed by atoms with Gasteiger partial charge < -0.3 is 15.0 Å². The first kappa shape index (κ1) is 17.5.